The minimum atomic E-state index is -1.02. The lowest BCUT2D eigenvalue weighted by atomic mass is 9.73. The summed E-state index contributed by atoms with van der Waals surface area (Å²) in [7, 11) is 1.64. The van der Waals surface area contributed by atoms with E-state index in [9.17, 15) is 19.2 Å². The second-order valence-corrected chi connectivity index (χ2v) is 16.3. The lowest BCUT2D eigenvalue weighted by Crippen LogP contribution is -2.56. The number of hydrogen-bond acceptors (Lipinski definition) is 7. The molecule has 1 aromatic carbocycles. The van der Waals surface area contributed by atoms with Gasteiger partial charge in [-0.05, 0) is 96.8 Å². The summed E-state index contributed by atoms with van der Waals surface area (Å²) in [5.41, 5.74) is -0.463. The van der Waals surface area contributed by atoms with Crippen LogP contribution in [0.25, 0.3) is 0 Å². The van der Waals surface area contributed by atoms with E-state index in [1.165, 1.54) is 4.90 Å². The highest BCUT2D eigenvalue weighted by Gasteiger charge is 2.46. The molecule has 266 valence electrons. The van der Waals surface area contributed by atoms with Crippen molar-refractivity contribution in [2.45, 2.75) is 123 Å². The van der Waals surface area contributed by atoms with Crippen molar-refractivity contribution in [1.29, 1.82) is 0 Å². The van der Waals surface area contributed by atoms with Crippen LogP contribution >= 0.6 is 0 Å². The molecule has 3 fully saturated rings. The van der Waals surface area contributed by atoms with Gasteiger partial charge in [0.15, 0.2) is 5.60 Å². The summed E-state index contributed by atoms with van der Waals surface area (Å²) in [6.45, 7) is 14.7. The number of anilines is 2. The number of rotatable bonds is 9. The van der Waals surface area contributed by atoms with E-state index >= 15 is 0 Å². The van der Waals surface area contributed by atoms with Crippen molar-refractivity contribution in [3.63, 3.8) is 0 Å². The lowest BCUT2D eigenvalue weighted by molar-refractivity contribution is -0.133. The van der Waals surface area contributed by atoms with Crippen molar-refractivity contribution in [2.75, 3.05) is 43.2 Å². The molecule has 2 heterocycles. The highest BCUT2D eigenvalue weighted by Crippen LogP contribution is 2.43. The Hall–Kier alpha value is -3.34. The summed E-state index contributed by atoms with van der Waals surface area (Å²) >= 11 is 0. The van der Waals surface area contributed by atoms with Gasteiger partial charge in [0.1, 0.15) is 11.4 Å². The zero-order valence-electron chi connectivity index (χ0n) is 30.2. The van der Waals surface area contributed by atoms with Gasteiger partial charge in [-0.15, -0.1) is 0 Å². The van der Waals surface area contributed by atoms with Gasteiger partial charge in [-0.25, -0.2) is 4.79 Å². The summed E-state index contributed by atoms with van der Waals surface area (Å²) < 4.78 is 17.1. The second kappa shape index (κ2) is 13.9. The number of likely N-dealkylation sites (tertiary alicyclic amines) is 1. The normalized spacial score (nSPS) is 25.1. The Labute approximate surface area is 286 Å². The number of fused-ring (bicyclic) bond motifs is 1. The molecular weight excluding hydrogens is 612 g/mol. The molecule has 48 heavy (non-hydrogen) atoms. The van der Waals surface area contributed by atoms with Gasteiger partial charge in [0.05, 0.1) is 17.5 Å². The van der Waals surface area contributed by atoms with Gasteiger partial charge in [-0.2, -0.15) is 0 Å². The van der Waals surface area contributed by atoms with E-state index < -0.39 is 29.1 Å². The maximum Gasteiger partial charge on any atom is 0.410 e. The predicted octanol–water partition coefficient (Wildman–Crippen LogP) is 5.68. The summed E-state index contributed by atoms with van der Waals surface area (Å²) in [6, 6.07) is 5.63. The van der Waals surface area contributed by atoms with Crippen LogP contribution in [0.15, 0.2) is 18.2 Å². The first-order chi connectivity index (χ1) is 22.5. The van der Waals surface area contributed by atoms with Gasteiger partial charge in [0, 0.05) is 51.1 Å². The molecule has 4 amide bonds. The molecule has 2 aliphatic heterocycles. The quantitative estimate of drug-likeness (QED) is 0.337. The molecule has 3 atom stereocenters. The van der Waals surface area contributed by atoms with E-state index in [1.807, 2.05) is 43.9 Å². The van der Waals surface area contributed by atoms with Crippen molar-refractivity contribution < 1.29 is 33.4 Å². The van der Waals surface area contributed by atoms with Crippen LogP contribution in [0.4, 0.5) is 16.2 Å². The molecule has 2 aliphatic carbocycles. The van der Waals surface area contributed by atoms with Crippen LogP contribution in [-0.4, -0.2) is 85.4 Å². The van der Waals surface area contributed by atoms with Crippen LogP contribution in [0.1, 0.15) is 99.8 Å². The van der Waals surface area contributed by atoms with E-state index in [-0.39, 0.29) is 48.3 Å². The smallest absolute Gasteiger partial charge is 0.410 e. The van der Waals surface area contributed by atoms with Gasteiger partial charge in [-0.3, -0.25) is 14.4 Å². The predicted molar refractivity (Wildman–Crippen MR) is 184 cm³/mol. The Morgan fingerprint density at radius 3 is 2.40 bits per heavy atom. The van der Waals surface area contributed by atoms with Gasteiger partial charge < -0.3 is 34.2 Å². The molecule has 1 aromatic rings. The van der Waals surface area contributed by atoms with Crippen molar-refractivity contribution >= 4 is 35.2 Å². The molecule has 0 unspecified atom stereocenters. The molecule has 0 spiro atoms. The van der Waals surface area contributed by atoms with Crippen molar-refractivity contribution in [3.8, 4) is 5.75 Å². The third kappa shape index (κ3) is 8.09. The molecule has 2 saturated carbocycles. The Kier molecular flexibility index (Phi) is 10.4. The number of nitrogens with one attached hydrogen (secondary N) is 1. The van der Waals surface area contributed by atoms with Crippen LogP contribution in [0.3, 0.4) is 0 Å². The number of methoxy groups -OCH3 is 1. The Bertz CT molecular complexity index is 1380. The van der Waals surface area contributed by atoms with Gasteiger partial charge in [-0.1, -0.05) is 26.7 Å². The topological polar surface area (TPSA) is 118 Å². The zero-order valence-corrected chi connectivity index (χ0v) is 30.2. The number of carbonyl (C=O) groups is 4. The summed E-state index contributed by atoms with van der Waals surface area (Å²) in [5, 5.41) is 3.31. The average molecular weight is 669 g/mol. The molecule has 4 aliphatic rings. The fourth-order valence-electron chi connectivity index (χ4n) is 7.34. The Balaban J connectivity index is 1.43. The molecule has 5 rings (SSSR count). The first-order valence-corrected chi connectivity index (χ1v) is 17.8. The zero-order chi connectivity index (χ0) is 35.0. The molecule has 1 saturated heterocycles. The molecule has 1 N–H and O–H groups in total. The van der Waals surface area contributed by atoms with E-state index in [1.54, 1.807) is 25.9 Å². The minimum Gasteiger partial charge on any atom is -0.476 e. The first-order valence-electron chi connectivity index (χ1n) is 17.8. The van der Waals surface area contributed by atoms with Gasteiger partial charge in [0.2, 0.25) is 11.8 Å². The van der Waals surface area contributed by atoms with E-state index in [2.05, 4.69) is 19.2 Å². The summed E-state index contributed by atoms with van der Waals surface area (Å²) in [4.78, 5) is 60.5. The number of piperidine rings is 1. The Morgan fingerprint density at radius 2 is 1.75 bits per heavy atom. The minimum absolute atomic E-state index is 0.00126. The lowest BCUT2D eigenvalue weighted by Gasteiger charge is -2.42. The van der Waals surface area contributed by atoms with E-state index in [0.717, 1.165) is 38.5 Å². The number of nitrogens with zero attached hydrogens (tertiary/aromatic N) is 3. The van der Waals surface area contributed by atoms with Crippen molar-refractivity contribution in [3.05, 3.63) is 18.2 Å². The number of ether oxygens (including phenoxy) is 3. The third-order valence-corrected chi connectivity index (χ3v) is 10.2. The third-order valence-electron chi connectivity index (χ3n) is 10.2. The molecule has 0 radical (unpaired) electrons. The van der Waals surface area contributed by atoms with Crippen molar-refractivity contribution in [2.24, 2.45) is 17.3 Å². The maximum absolute atomic E-state index is 14.6. The number of benzene rings is 1. The summed E-state index contributed by atoms with van der Waals surface area (Å²) in [5.74, 6) is -0.962. The summed E-state index contributed by atoms with van der Waals surface area (Å²) in [6.07, 6.45) is 6.35. The standard InChI is InChI=1S/C37H56N4O7/c1-35(2,3)48-34(45)39-22-24(31(42)38-30-12-9-10-17-36(30,4)5)20-25(23-39)32(43)41(26-13-14-26)27-15-16-29-28(21-27)40(18-11-19-46-8)33(44)37(6,7)47-29/h15-16,21,24-26,30H,9-14,17-20,22-23H2,1-8H3,(H,38,42)/t24-,25+,30+/m0/s1. The van der Waals surface area contributed by atoms with Crippen LogP contribution in [0.2, 0.25) is 0 Å². The number of amides is 4. The van der Waals surface area contributed by atoms with Crippen molar-refractivity contribution in [1.82, 2.24) is 10.2 Å². The van der Waals surface area contributed by atoms with Gasteiger partial charge >= 0.3 is 6.09 Å². The molecular formula is C37H56N4O7. The monoisotopic (exact) mass is 668 g/mol. The van der Waals surface area contributed by atoms with Gasteiger partial charge in [0.25, 0.3) is 5.91 Å². The van der Waals surface area contributed by atoms with E-state index in [0.29, 0.717) is 43.1 Å². The maximum atomic E-state index is 14.6. The van der Waals surface area contributed by atoms with Crippen LogP contribution < -0.4 is 19.9 Å². The highest BCUT2D eigenvalue weighted by molar-refractivity contribution is 6.04. The fraction of sp³-hybridized carbons (Fsp3) is 0.730. The molecule has 11 heteroatoms. The van der Waals surface area contributed by atoms with E-state index in [4.69, 9.17) is 14.2 Å². The molecule has 11 nitrogen and oxygen atoms in total. The van der Waals surface area contributed by atoms with Crippen LogP contribution in [0.5, 0.6) is 5.75 Å². The first kappa shape index (κ1) is 36.0. The number of carbonyl (C=O) groups excluding carboxylic acids is 4. The van der Waals surface area contributed by atoms with Crippen LogP contribution in [-0.2, 0) is 23.9 Å². The average Bonchev–Trinajstić information content (AvgIpc) is 3.84. The number of hydrogen-bond donors (Lipinski definition) is 1. The second-order valence-electron chi connectivity index (χ2n) is 16.3. The fourth-order valence-corrected chi connectivity index (χ4v) is 7.34. The Morgan fingerprint density at radius 1 is 1.04 bits per heavy atom. The molecule has 0 bridgehead atoms. The SMILES string of the molecule is COCCCN1C(=O)C(C)(C)Oc2ccc(N(C(=O)[C@@H]3C[C@H](C(=O)N[C@@H]4CCCCC4(C)C)CN(C(=O)OC(C)(C)C)C3)C3CC3)cc21. The largest absolute Gasteiger partial charge is 0.476 e. The highest BCUT2D eigenvalue weighted by atomic mass is 16.6. The molecule has 0 aromatic heterocycles. The van der Waals surface area contributed by atoms with Crippen LogP contribution in [0, 0.1) is 17.3 Å².